The van der Waals surface area contributed by atoms with E-state index in [1.165, 1.54) is 43.4 Å². The lowest BCUT2D eigenvalue weighted by atomic mass is 9.95. The summed E-state index contributed by atoms with van der Waals surface area (Å²) < 4.78 is 0. The van der Waals surface area contributed by atoms with Crippen LogP contribution < -0.4 is 0 Å². The molecule has 0 aromatic heterocycles. The van der Waals surface area contributed by atoms with Crippen molar-refractivity contribution in [3.63, 3.8) is 0 Å². The van der Waals surface area contributed by atoms with E-state index in [1.54, 1.807) is 0 Å². The molecule has 1 aliphatic heterocycles. The maximum atomic E-state index is 2.67. The minimum absolute atomic E-state index is 0. The molecule has 1 unspecified atom stereocenters. The maximum absolute atomic E-state index is 2.67. The summed E-state index contributed by atoms with van der Waals surface area (Å²) in [6, 6.07) is 22.5. The van der Waals surface area contributed by atoms with Gasteiger partial charge in [-0.05, 0) is 36.9 Å². The number of hydrogen-bond acceptors (Lipinski definition) is 1. The zero-order valence-corrected chi connectivity index (χ0v) is 13.3. The fourth-order valence-corrected chi connectivity index (χ4v) is 3.20. The predicted octanol–water partition coefficient (Wildman–Crippen LogP) is 4.71. The highest BCUT2D eigenvalue weighted by Crippen LogP contribution is 2.22. The zero-order chi connectivity index (χ0) is 13.6. The molecule has 2 heteroatoms. The Bertz CT molecular complexity index is 462. The van der Waals surface area contributed by atoms with Crippen LogP contribution in [0.3, 0.4) is 0 Å². The fraction of sp³-hybridized carbons (Fsp3) is 0.368. The lowest BCUT2D eigenvalue weighted by Crippen LogP contribution is -2.40. The molecule has 0 N–H and O–H groups in total. The van der Waals surface area contributed by atoms with Gasteiger partial charge in [0.2, 0.25) is 0 Å². The van der Waals surface area contributed by atoms with Crippen molar-refractivity contribution >= 4 is 12.4 Å². The minimum atomic E-state index is 0. The molecule has 0 aliphatic carbocycles. The number of nitrogens with zero attached hydrogens (tertiary/aromatic N) is 1. The molecular formula is C19H24ClN. The topological polar surface area (TPSA) is 3.24 Å². The van der Waals surface area contributed by atoms with E-state index >= 15 is 0 Å². The summed E-state index contributed by atoms with van der Waals surface area (Å²) in [5, 5.41) is 0. The van der Waals surface area contributed by atoms with E-state index in [9.17, 15) is 0 Å². The van der Waals surface area contributed by atoms with Crippen molar-refractivity contribution in [3.8, 4) is 0 Å². The summed E-state index contributed by atoms with van der Waals surface area (Å²) in [6.07, 6.45) is 5.25. The van der Waals surface area contributed by atoms with Crippen LogP contribution in [0.5, 0.6) is 0 Å². The smallest absolute Gasteiger partial charge is 0.0236 e. The van der Waals surface area contributed by atoms with Crippen molar-refractivity contribution in [2.24, 2.45) is 0 Å². The number of benzene rings is 2. The Kier molecular flexibility index (Phi) is 6.28. The standard InChI is InChI=1S/C19H23N.ClH/c1-3-9-17(10-4-1)15-19-13-7-8-14-20(19)16-18-11-5-2-6-12-18;/h1-6,9-12,19H,7-8,13-16H2;1H. The second kappa shape index (κ2) is 8.21. The summed E-state index contributed by atoms with van der Waals surface area (Å²) in [6.45, 7) is 2.34. The summed E-state index contributed by atoms with van der Waals surface area (Å²) in [5.74, 6) is 0. The molecule has 112 valence electrons. The van der Waals surface area contributed by atoms with Crippen LogP contribution in [0.1, 0.15) is 30.4 Å². The van der Waals surface area contributed by atoms with Gasteiger partial charge in [-0.2, -0.15) is 0 Å². The Balaban J connectivity index is 0.00000161. The number of hydrogen-bond donors (Lipinski definition) is 0. The largest absolute Gasteiger partial charge is 0.296 e. The van der Waals surface area contributed by atoms with Gasteiger partial charge < -0.3 is 0 Å². The molecule has 1 saturated heterocycles. The first kappa shape index (κ1) is 16.1. The molecular weight excluding hydrogens is 278 g/mol. The van der Waals surface area contributed by atoms with Crippen molar-refractivity contribution in [2.75, 3.05) is 6.54 Å². The van der Waals surface area contributed by atoms with E-state index in [0.717, 1.165) is 6.54 Å². The molecule has 0 radical (unpaired) electrons. The van der Waals surface area contributed by atoms with Crippen molar-refractivity contribution in [3.05, 3.63) is 71.8 Å². The van der Waals surface area contributed by atoms with Gasteiger partial charge in [0.05, 0.1) is 0 Å². The highest BCUT2D eigenvalue weighted by Gasteiger charge is 2.22. The predicted molar refractivity (Wildman–Crippen MR) is 91.9 cm³/mol. The van der Waals surface area contributed by atoms with E-state index in [2.05, 4.69) is 65.6 Å². The van der Waals surface area contributed by atoms with Crippen LogP contribution in [0.4, 0.5) is 0 Å². The van der Waals surface area contributed by atoms with Crippen molar-refractivity contribution in [1.29, 1.82) is 0 Å². The van der Waals surface area contributed by atoms with Gasteiger partial charge in [-0.3, -0.25) is 4.90 Å². The molecule has 21 heavy (non-hydrogen) atoms. The zero-order valence-electron chi connectivity index (χ0n) is 12.4. The maximum Gasteiger partial charge on any atom is 0.0236 e. The first-order valence-corrected chi connectivity index (χ1v) is 7.74. The van der Waals surface area contributed by atoms with E-state index in [1.807, 2.05) is 0 Å². The monoisotopic (exact) mass is 301 g/mol. The third-order valence-electron chi connectivity index (χ3n) is 4.29. The quantitative estimate of drug-likeness (QED) is 0.791. The van der Waals surface area contributed by atoms with Crippen LogP contribution in [-0.2, 0) is 13.0 Å². The van der Waals surface area contributed by atoms with Gasteiger partial charge in [0.1, 0.15) is 0 Å². The first-order valence-electron chi connectivity index (χ1n) is 7.74. The van der Waals surface area contributed by atoms with Gasteiger partial charge in [-0.15, -0.1) is 12.4 Å². The Hall–Kier alpha value is -1.31. The van der Waals surface area contributed by atoms with Crippen molar-refractivity contribution < 1.29 is 0 Å². The Morgan fingerprint density at radius 1 is 0.810 bits per heavy atom. The molecule has 0 spiro atoms. The molecule has 1 atom stereocenters. The molecule has 1 nitrogen and oxygen atoms in total. The highest BCUT2D eigenvalue weighted by molar-refractivity contribution is 5.85. The summed E-state index contributed by atoms with van der Waals surface area (Å²) >= 11 is 0. The fourth-order valence-electron chi connectivity index (χ4n) is 3.20. The molecule has 1 fully saturated rings. The first-order chi connectivity index (χ1) is 9.92. The third kappa shape index (κ3) is 4.59. The lowest BCUT2D eigenvalue weighted by molar-refractivity contribution is 0.139. The molecule has 0 amide bonds. The van der Waals surface area contributed by atoms with E-state index in [4.69, 9.17) is 0 Å². The van der Waals surface area contributed by atoms with Crippen LogP contribution in [0.2, 0.25) is 0 Å². The second-order valence-corrected chi connectivity index (χ2v) is 5.80. The molecule has 0 bridgehead atoms. The van der Waals surface area contributed by atoms with Crippen LogP contribution in [0.15, 0.2) is 60.7 Å². The van der Waals surface area contributed by atoms with Crippen LogP contribution >= 0.6 is 12.4 Å². The average Bonchev–Trinajstić information content (AvgIpc) is 2.51. The van der Waals surface area contributed by atoms with Crippen LogP contribution in [0.25, 0.3) is 0 Å². The van der Waals surface area contributed by atoms with Gasteiger partial charge in [0.15, 0.2) is 0 Å². The Labute approximate surface area is 134 Å². The van der Waals surface area contributed by atoms with Crippen molar-refractivity contribution in [2.45, 2.75) is 38.3 Å². The van der Waals surface area contributed by atoms with Gasteiger partial charge >= 0.3 is 0 Å². The number of likely N-dealkylation sites (tertiary alicyclic amines) is 1. The Morgan fingerprint density at radius 3 is 2.10 bits per heavy atom. The van der Waals surface area contributed by atoms with Gasteiger partial charge in [0, 0.05) is 12.6 Å². The minimum Gasteiger partial charge on any atom is -0.296 e. The van der Waals surface area contributed by atoms with E-state index in [0.29, 0.717) is 6.04 Å². The number of rotatable bonds is 4. The average molecular weight is 302 g/mol. The number of piperidine rings is 1. The molecule has 2 aromatic rings. The lowest BCUT2D eigenvalue weighted by Gasteiger charge is -2.36. The van der Waals surface area contributed by atoms with Gasteiger partial charge in [0.25, 0.3) is 0 Å². The van der Waals surface area contributed by atoms with Crippen LogP contribution in [-0.4, -0.2) is 17.5 Å². The molecule has 2 aromatic carbocycles. The summed E-state index contributed by atoms with van der Waals surface area (Å²) in [4.78, 5) is 2.67. The van der Waals surface area contributed by atoms with E-state index < -0.39 is 0 Å². The normalized spacial score (nSPS) is 19.0. The van der Waals surface area contributed by atoms with Gasteiger partial charge in [-0.1, -0.05) is 67.1 Å². The summed E-state index contributed by atoms with van der Waals surface area (Å²) in [7, 11) is 0. The van der Waals surface area contributed by atoms with Crippen LogP contribution in [0, 0.1) is 0 Å². The second-order valence-electron chi connectivity index (χ2n) is 5.80. The van der Waals surface area contributed by atoms with Crippen molar-refractivity contribution in [1.82, 2.24) is 4.90 Å². The third-order valence-corrected chi connectivity index (χ3v) is 4.29. The SMILES string of the molecule is Cl.c1ccc(CC2CCCCN2Cc2ccccc2)cc1. The molecule has 1 heterocycles. The molecule has 0 saturated carbocycles. The Morgan fingerprint density at radius 2 is 1.43 bits per heavy atom. The molecule has 1 aliphatic rings. The van der Waals surface area contributed by atoms with Gasteiger partial charge in [-0.25, -0.2) is 0 Å². The number of halogens is 1. The van der Waals surface area contributed by atoms with E-state index in [-0.39, 0.29) is 12.4 Å². The highest BCUT2D eigenvalue weighted by atomic mass is 35.5. The molecule has 3 rings (SSSR count). The summed E-state index contributed by atoms with van der Waals surface area (Å²) in [5.41, 5.74) is 2.91.